The molecular formula is C14H22N2O4. The fourth-order valence-electron chi connectivity index (χ4n) is 2.27. The molecule has 1 aromatic rings. The van der Waals surface area contributed by atoms with Crippen LogP contribution < -0.4 is 10.1 Å². The van der Waals surface area contributed by atoms with Gasteiger partial charge in [-0.05, 0) is 18.8 Å². The molecule has 0 spiro atoms. The van der Waals surface area contributed by atoms with Crippen LogP contribution in [0.15, 0.2) is 0 Å². The number of ether oxygens (including phenoxy) is 1. The van der Waals surface area contributed by atoms with Crippen molar-refractivity contribution in [3.05, 3.63) is 0 Å². The van der Waals surface area contributed by atoms with Gasteiger partial charge in [0.25, 0.3) is 0 Å². The minimum atomic E-state index is -0.622. The molecule has 0 aromatic carbocycles. The molecule has 0 saturated carbocycles. The van der Waals surface area contributed by atoms with Crippen LogP contribution in [0.2, 0.25) is 0 Å². The summed E-state index contributed by atoms with van der Waals surface area (Å²) in [7, 11) is 0. The largest absolute Gasteiger partial charge is 0.492 e. The molecule has 1 aromatic heterocycles. The summed E-state index contributed by atoms with van der Waals surface area (Å²) in [6, 6.07) is -0.622. The van der Waals surface area contributed by atoms with Gasteiger partial charge in [-0.15, -0.1) is 0 Å². The third-order valence-electron chi connectivity index (χ3n) is 3.37. The predicted octanol–water partition coefficient (Wildman–Crippen LogP) is 2.51. The summed E-state index contributed by atoms with van der Waals surface area (Å²) < 4.78 is 6.19. The zero-order chi connectivity index (χ0) is 14.9. The lowest BCUT2D eigenvalue weighted by atomic mass is 10.0. The number of carbonyl (C=O) groups is 1. The number of amides is 1. The number of hydrogen-bond acceptors (Lipinski definition) is 4. The van der Waals surface area contributed by atoms with Gasteiger partial charge in [-0.25, -0.2) is 0 Å². The molecule has 2 rings (SSSR count). The maximum Gasteiger partial charge on any atom is 0.243 e. The highest BCUT2D eigenvalue weighted by Crippen LogP contribution is 2.61. The highest BCUT2D eigenvalue weighted by molar-refractivity contribution is 5.82. The van der Waals surface area contributed by atoms with E-state index in [1.807, 2.05) is 13.8 Å². The molecule has 1 atom stereocenters. The summed E-state index contributed by atoms with van der Waals surface area (Å²) in [5, 5.41) is 22.8. The van der Waals surface area contributed by atoms with Crippen LogP contribution in [0, 0.1) is 5.92 Å². The zero-order valence-electron chi connectivity index (χ0n) is 12.1. The molecule has 6 heteroatoms. The second kappa shape index (κ2) is 5.64. The lowest BCUT2D eigenvalue weighted by Crippen LogP contribution is -2.33. The Hall–Kier alpha value is -1.85. The van der Waals surface area contributed by atoms with Crippen LogP contribution in [0.1, 0.15) is 46.1 Å². The van der Waals surface area contributed by atoms with E-state index < -0.39 is 6.04 Å². The van der Waals surface area contributed by atoms with Crippen LogP contribution in [-0.4, -0.2) is 27.2 Å². The van der Waals surface area contributed by atoms with E-state index >= 15 is 0 Å². The first-order valence-corrected chi connectivity index (χ1v) is 7.09. The fourth-order valence-corrected chi connectivity index (χ4v) is 2.27. The Morgan fingerprint density at radius 3 is 2.40 bits per heavy atom. The smallest absolute Gasteiger partial charge is 0.243 e. The number of aromatic nitrogens is 1. The van der Waals surface area contributed by atoms with Gasteiger partial charge in [-0.3, -0.25) is 9.36 Å². The van der Waals surface area contributed by atoms with E-state index in [4.69, 9.17) is 4.74 Å². The van der Waals surface area contributed by atoms with Crippen LogP contribution >= 0.6 is 0 Å². The normalized spacial score (nSPS) is 13.8. The van der Waals surface area contributed by atoms with Crippen molar-refractivity contribution in [2.24, 2.45) is 5.92 Å². The van der Waals surface area contributed by atoms with E-state index in [0.717, 1.165) is 12.8 Å². The number of nitrogens with one attached hydrogen (secondary N) is 1. The van der Waals surface area contributed by atoms with E-state index in [1.54, 1.807) is 0 Å². The maximum atomic E-state index is 12.3. The number of hydrogen-bond donors (Lipinski definition) is 3. The van der Waals surface area contributed by atoms with Gasteiger partial charge >= 0.3 is 0 Å². The van der Waals surface area contributed by atoms with Crippen LogP contribution in [-0.2, 0) is 4.79 Å². The predicted molar refractivity (Wildman–Crippen MR) is 74.2 cm³/mol. The molecule has 6 nitrogen and oxygen atoms in total. The van der Waals surface area contributed by atoms with Crippen LogP contribution in [0.3, 0.4) is 0 Å². The molecular weight excluding hydrogens is 260 g/mol. The Morgan fingerprint density at radius 1 is 1.30 bits per heavy atom. The Bertz CT molecular complexity index is 482. The molecule has 0 aliphatic carbocycles. The van der Waals surface area contributed by atoms with Crippen molar-refractivity contribution in [1.82, 2.24) is 9.88 Å². The topological polar surface area (TPSA) is 87.0 Å². The zero-order valence-corrected chi connectivity index (χ0v) is 12.1. The highest BCUT2D eigenvalue weighted by Gasteiger charge is 2.41. The monoisotopic (exact) mass is 282 g/mol. The van der Waals surface area contributed by atoms with Crippen molar-refractivity contribution in [1.29, 1.82) is 0 Å². The molecule has 20 heavy (non-hydrogen) atoms. The molecule has 0 bridgehead atoms. The first kappa shape index (κ1) is 14.6. The molecule has 0 unspecified atom stereocenters. The van der Waals surface area contributed by atoms with E-state index in [1.165, 1.54) is 4.57 Å². The first-order chi connectivity index (χ1) is 9.47. The average molecular weight is 282 g/mol. The highest BCUT2D eigenvalue weighted by atomic mass is 16.6. The van der Waals surface area contributed by atoms with Gasteiger partial charge < -0.3 is 20.3 Å². The second-order valence-corrected chi connectivity index (χ2v) is 5.57. The molecule has 3 N–H and O–H groups in total. The van der Waals surface area contributed by atoms with Gasteiger partial charge in [0, 0.05) is 6.54 Å². The van der Waals surface area contributed by atoms with E-state index in [2.05, 4.69) is 12.2 Å². The van der Waals surface area contributed by atoms with Gasteiger partial charge in [-0.1, -0.05) is 27.2 Å². The quantitative estimate of drug-likeness (QED) is 0.538. The first-order valence-electron chi connectivity index (χ1n) is 7.09. The standard InChI is InChI=1S/C14H22N2O4/c1-4-5-6-15-12(17)9(7-8(2)3)16-13(18)10-11(20-10)14(16)19/h8-9,18-19H,4-7H2,1-3H3,(H,15,17)/t9-/m0/s1. The molecule has 0 fully saturated rings. The van der Waals surface area contributed by atoms with Gasteiger partial charge in [0.1, 0.15) is 6.04 Å². The van der Waals surface area contributed by atoms with Gasteiger partial charge in [0.2, 0.25) is 29.2 Å². The Kier molecular flexibility index (Phi) is 4.11. The number of fused-ring (bicyclic) bond motifs is 1. The van der Waals surface area contributed by atoms with Crippen molar-refractivity contribution in [3.8, 4) is 23.3 Å². The molecule has 0 radical (unpaired) electrons. The van der Waals surface area contributed by atoms with Crippen molar-refractivity contribution >= 4 is 5.91 Å². The lowest BCUT2D eigenvalue weighted by molar-refractivity contribution is -0.125. The van der Waals surface area contributed by atoms with Crippen molar-refractivity contribution in [3.63, 3.8) is 0 Å². The summed E-state index contributed by atoms with van der Waals surface area (Å²) >= 11 is 0. The number of rotatable bonds is 7. The summed E-state index contributed by atoms with van der Waals surface area (Å²) in [6.07, 6.45) is 2.44. The summed E-state index contributed by atoms with van der Waals surface area (Å²) in [6.45, 7) is 6.64. The molecule has 0 saturated heterocycles. The minimum absolute atomic E-state index is 0.172. The van der Waals surface area contributed by atoms with Crippen LogP contribution in [0.4, 0.5) is 0 Å². The fraction of sp³-hybridized carbons (Fsp3) is 0.643. The number of nitrogens with zero attached hydrogens (tertiary/aromatic N) is 1. The van der Waals surface area contributed by atoms with E-state index in [0.29, 0.717) is 13.0 Å². The minimum Gasteiger partial charge on any atom is -0.492 e. The van der Waals surface area contributed by atoms with Crippen molar-refractivity contribution in [2.45, 2.75) is 46.1 Å². The van der Waals surface area contributed by atoms with Crippen molar-refractivity contribution < 1.29 is 19.7 Å². The maximum absolute atomic E-state index is 12.3. The second-order valence-electron chi connectivity index (χ2n) is 5.57. The molecule has 1 amide bonds. The lowest BCUT2D eigenvalue weighted by Gasteiger charge is -2.22. The Morgan fingerprint density at radius 2 is 1.90 bits per heavy atom. The average Bonchev–Trinajstić information content (AvgIpc) is 3.13. The van der Waals surface area contributed by atoms with Crippen molar-refractivity contribution in [2.75, 3.05) is 6.54 Å². The SMILES string of the molecule is CCCCNC(=O)[C@H](CC(C)C)n1c(O)c2c(c1O)O2. The van der Waals surface area contributed by atoms with E-state index in [9.17, 15) is 15.0 Å². The Labute approximate surface area is 118 Å². The Balaban J connectivity index is 2.17. The third kappa shape index (κ3) is 2.69. The molecule has 112 valence electrons. The summed E-state index contributed by atoms with van der Waals surface area (Å²) in [5.74, 6) is 0.274. The van der Waals surface area contributed by atoms with Crippen LogP contribution in [0.5, 0.6) is 23.3 Å². The number of aromatic hydroxyl groups is 2. The van der Waals surface area contributed by atoms with Crippen LogP contribution in [0.25, 0.3) is 0 Å². The van der Waals surface area contributed by atoms with Gasteiger partial charge in [-0.2, -0.15) is 0 Å². The van der Waals surface area contributed by atoms with E-state index in [-0.39, 0.29) is 35.1 Å². The number of carbonyl (C=O) groups excluding carboxylic acids is 1. The van der Waals surface area contributed by atoms with Gasteiger partial charge in [0.05, 0.1) is 0 Å². The van der Waals surface area contributed by atoms with Gasteiger partial charge in [0.15, 0.2) is 0 Å². The summed E-state index contributed by atoms with van der Waals surface area (Å²) in [4.78, 5) is 12.3. The summed E-state index contributed by atoms with van der Waals surface area (Å²) in [5.41, 5.74) is 0. The third-order valence-corrected chi connectivity index (χ3v) is 3.37. The number of unbranched alkanes of at least 4 members (excludes halogenated alkanes) is 1. The molecule has 2 heterocycles. The molecule has 1 aliphatic rings. The molecule has 1 aliphatic heterocycles.